The highest BCUT2D eigenvalue weighted by molar-refractivity contribution is 5.88. The lowest BCUT2D eigenvalue weighted by molar-refractivity contribution is -0.132. The molecule has 3 rings (SSSR count). The topological polar surface area (TPSA) is 61.4 Å². The normalized spacial score (nSPS) is 33.5. The van der Waals surface area contributed by atoms with Gasteiger partial charge < -0.3 is 15.5 Å². The molecule has 3 unspecified atom stereocenters. The monoisotopic (exact) mass is 265 g/mol. The molecule has 0 radical (unpaired) electrons. The molecular formula is C14H23N3O2. The molecule has 2 saturated heterocycles. The number of nitrogens with one attached hydrogen (secondary N) is 2. The Morgan fingerprint density at radius 1 is 1.16 bits per heavy atom. The number of amides is 2. The number of nitrogens with zero attached hydrogens (tertiary/aromatic N) is 1. The van der Waals surface area contributed by atoms with Gasteiger partial charge in [0.1, 0.15) is 0 Å². The lowest BCUT2D eigenvalue weighted by Crippen LogP contribution is -2.47. The fourth-order valence-corrected chi connectivity index (χ4v) is 3.83. The van der Waals surface area contributed by atoms with Gasteiger partial charge in [0.25, 0.3) is 0 Å². The Morgan fingerprint density at radius 3 is 2.74 bits per heavy atom. The fourth-order valence-electron chi connectivity index (χ4n) is 3.83. The molecule has 3 fully saturated rings. The molecule has 2 amide bonds. The molecule has 2 aliphatic heterocycles. The number of hydrogen-bond acceptors (Lipinski definition) is 3. The molecule has 106 valence electrons. The van der Waals surface area contributed by atoms with E-state index in [0.717, 1.165) is 38.9 Å². The minimum absolute atomic E-state index is 0.0157. The summed E-state index contributed by atoms with van der Waals surface area (Å²) in [7, 11) is 0. The second-order valence-corrected chi connectivity index (χ2v) is 6.05. The van der Waals surface area contributed by atoms with E-state index in [9.17, 15) is 9.59 Å². The fraction of sp³-hybridized carbons (Fsp3) is 0.857. The summed E-state index contributed by atoms with van der Waals surface area (Å²) >= 11 is 0. The molecule has 5 nitrogen and oxygen atoms in total. The summed E-state index contributed by atoms with van der Waals surface area (Å²) in [5.74, 6) is 1.24. The van der Waals surface area contributed by atoms with Gasteiger partial charge in [0.15, 0.2) is 0 Å². The second kappa shape index (κ2) is 5.49. The van der Waals surface area contributed by atoms with E-state index >= 15 is 0 Å². The van der Waals surface area contributed by atoms with Crippen molar-refractivity contribution in [2.75, 3.05) is 26.2 Å². The summed E-state index contributed by atoms with van der Waals surface area (Å²) in [5, 5.41) is 6.14. The Morgan fingerprint density at radius 2 is 1.95 bits per heavy atom. The number of carbonyl (C=O) groups is 2. The van der Waals surface area contributed by atoms with Crippen molar-refractivity contribution >= 4 is 11.8 Å². The molecule has 0 aromatic heterocycles. The second-order valence-electron chi connectivity index (χ2n) is 6.05. The van der Waals surface area contributed by atoms with Gasteiger partial charge in [-0.1, -0.05) is 6.42 Å². The number of hydrogen-bond donors (Lipinski definition) is 2. The number of rotatable bonds is 3. The van der Waals surface area contributed by atoms with Gasteiger partial charge in [-0.2, -0.15) is 0 Å². The Kier molecular flexibility index (Phi) is 3.73. The van der Waals surface area contributed by atoms with Crippen LogP contribution >= 0.6 is 0 Å². The highest BCUT2D eigenvalue weighted by Crippen LogP contribution is 2.37. The van der Waals surface area contributed by atoms with E-state index in [4.69, 9.17) is 0 Å². The van der Waals surface area contributed by atoms with Crippen LogP contribution in [0.2, 0.25) is 0 Å². The predicted molar refractivity (Wildman–Crippen MR) is 71.4 cm³/mol. The molecule has 3 atom stereocenters. The van der Waals surface area contributed by atoms with Crippen LogP contribution in [0.25, 0.3) is 0 Å². The first-order valence-corrected chi connectivity index (χ1v) is 7.54. The van der Waals surface area contributed by atoms with Gasteiger partial charge in [0.2, 0.25) is 11.8 Å². The van der Waals surface area contributed by atoms with Crippen molar-refractivity contribution in [3.8, 4) is 0 Å². The summed E-state index contributed by atoms with van der Waals surface area (Å²) in [6.45, 7) is 2.82. The van der Waals surface area contributed by atoms with E-state index in [-0.39, 0.29) is 24.4 Å². The van der Waals surface area contributed by atoms with Crippen molar-refractivity contribution in [1.29, 1.82) is 0 Å². The van der Waals surface area contributed by atoms with Gasteiger partial charge >= 0.3 is 0 Å². The molecule has 0 spiro atoms. The maximum atomic E-state index is 12.2. The number of carbonyl (C=O) groups excluding carboxylic acids is 2. The smallest absolute Gasteiger partial charge is 0.241 e. The van der Waals surface area contributed by atoms with Crippen molar-refractivity contribution in [1.82, 2.24) is 15.5 Å². The van der Waals surface area contributed by atoms with Gasteiger partial charge in [-0.3, -0.25) is 9.59 Å². The van der Waals surface area contributed by atoms with Crippen LogP contribution in [0.3, 0.4) is 0 Å². The molecule has 0 aromatic rings. The number of likely N-dealkylation sites (tertiary alicyclic amines) is 1. The zero-order valence-corrected chi connectivity index (χ0v) is 11.4. The van der Waals surface area contributed by atoms with E-state index in [2.05, 4.69) is 10.6 Å². The third-order valence-electron chi connectivity index (χ3n) is 4.90. The summed E-state index contributed by atoms with van der Waals surface area (Å²) in [5.41, 5.74) is 0. The van der Waals surface area contributed by atoms with E-state index in [0.29, 0.717) is 11.8 Å². The molecule has 1 saturated carbocycles. The third-order valence-corrected chi connectivity index (χ3v) is 4.90. The van der Waals surface area contributed by atoms with Crippen LogP contribution in [-0.4, -0.2) is 48.9 Å². The summed E-state index contributed by atoms with van der Waals surface area (Å²) in [4.78, 5) is 25.9. The molecular weight excluding hydrogens is 242 g/mol. The SMILES string of the molecule is O=C(NCC(=O)N1CCCC1)C1NCC2CCCC21. The van der Waals surface area contributed by atoms with Crippen molar-refractivity contribution in [3.05, 3.63) is 0 Å². The van der Waals surface area contributed by atoms with E-state index in [1.807, 2.05) is 4.90 Å². The summed E-state index contributed by atoms with van der Waals surface area (Å²) < 4.78 is 0. The van der Waals surface area contributed by atoms with Crippen molar-refractivity contribution in [3.63, 3.8) is 0 Å². The minimum Gasteiger partial charge on any atom is -0.346 e. The van der Waals surface area contributed by atoms with Gasteiger partial charge in [0.05, 0.1) is 12.6 Å². The highest BCUT2D eigenvalue weighted by atomic mass is 16.2. The van der Waals surface area contributed by atoms with Crippen molar-refractivity contribution < 1.29 is 9.59 Å². The molecule has 5 heteroatoms. The maximum Gasteiger partial charge on any atom is 0.241 e. The minimum atomic E-state index is -0.0705. The van der Waals surface area contributed by atoms with Crippen LogP contribution in [0.1, 0.15) is 32.1 Å². The Bertz CT molecular complexity index is 366. The standard InChI is InChI=1S/C14H23N3O2/c18-12(17-6-1-2-7-17)9-16-14(19)13-11-5-3-4-10(11)8-15-13/h10-11,13,15H,1-9H2,(H,16,19). The van der Waals surface area contributed by atoms with Crippen LogP contribution in [-0.2, 0) is 9.59 Å². The Labute approximate surface area is 114 Å². The first kappa shape index (κ1) is 12.9. The third kappa shape index (κ3) is 2.61. The molecule has 2 N–H and O–H groups in total. The van der Waals surface area contributed by atoms with Crippen molar-refractivity contribution in [2.45, 2.75) is 38.1 Å². The van der Waals surface area contributed by atoms with Crippen molar-refractivity contribution in [2.24, 2.45) is 11.8 Å². The zero-order valence-electron chi connectivity index (χ0n) is 11.4. The largest absolute Gasteiger partial charge is 0.346 e. The van der Waals surface area contributed by atoms with Gasteiger partial charge in [-0.25, -0.2) is 0 Å². The van der Waals surface area contributed by atoms with Crippen LogP contribution in [0.5, 0.6) is 0 Å². The highest BCUT2D eigenvalue weighted by Gasteiger charge is 2.42. The van der Waals surface area contributed by atoms with Crippen LogP contribution < -0.4 is 10.6 Å². The molecule has 3 aliphatic rings. The summed E-state index contributed by atoms with van der Waals surface area (Å²) in [6, 6.07) is -0.0705. The first-order valence-electron chi connectivity index (χ1n) is 7.54. The Hall–Kier alpha value is -1.10. The van der Waals surface area contributed by atoms with E-state index in [1.54, 1.807) is 0 Å². The van der Waals surface area contributed by atoms with Gasteiger partial charge in [0, 0.05) is 13.1 Å². The van der Waals surface area contributed by atoms with E-state index in [1.165, 1.54) is 12.8 Å². The van der Waals surface area contributed by atoms with Crippen LogP contribution in [0, 0.1) is 11.8 Å². The quantitative estimate of drug-likeness (QED) is 0.761. The maximum absolute atomic E-state index is 12.2. The van der Waals surface area contributed by atoms with Crippen LogP contribution in [0.15, 0.2) is 0 Å². The molecule has 0 bridgehead atoms. The molecule has 0 aromatic carbocycles. The molecule has 1 aliphatic carbocycles. The van der Waals surface area contributed by atoms with E-state index < -0.39 is 0 Å². The average molecular weight is 265 g/mol. The zero-order chi connectivity index (χ0) is 13.2. The average Bonchev–Trinajstić information content (AvgIpc) is 3.10. The Balaban J connectivity index is 1.47. The predicted octanol–water partition coefficient (Wildman–Crippen LogP) is 0.113. The lowest BCUT2D eigenvalue weighted by atomic mass is 9.94. The first-order chi connectivity index (χ1) is 9.25. The molecule has 2 heterocycles. The van der Waals surface area contributed by atoms with Crippen LogP contribution in [0.4, 0.5) is 0 Å². The number of fused-ring (bicyclic) bond motifs is 1. The molecule has 19 heavy (non-hydrogen) atoms. The van der Waals surface area contributed by atoms with Gasteiger partial charge in [-0.15, -0.1) is 0 Å². The van der Waals surface area contributed by atoms with Gasteiger partial charge in [-0.05, 0) is 44.1 Å². The summed E-state index contributed by atoms with van der Waals surface area (Å²) in [6.07, 6.45) is 5.82. The lowest BCUT2D eigenvalue weighted by Gasteiger charge is -2.19.